The number of rotatable bonds is 6. The molecule has 8 nitrogen and oxygen atoms in total. The first-order chi connectivity index (χ1) is 13.2. The van der Waals surface area contributed by atoms with Crippen LogP contribution in [0, 0.1) is 6.92 Å². The number of hydrogen-bond acceptors (Lipinski definition) is 7. The minimum atomic E-state index is 0.0981. The first-order valence-electron chi connectivity index (χ1n) is 9.91. The van der Waals surface area contributed by atoms with Crippen LogP contribution in [0.15, 0.2) is 5.38 Å². The van der Waals surface area contributed by atoms with Gasteiger partial charge >= 0.3 is 0 Å². The second-order valence-corrected chi connectivity index (χ2v) is 8.50. The third-order valence-electron chi connectivity index (χ3n) is 5.49. The summed E-state index contributed by atoms with van der Waals surface area (Å²) < 4.78 is 1.76. The number of thiazole rings is 1. The van der Waals surface area contributed by atoms with Crippen molar-refractivity contribution in [2.24, 2.45) is 0 Å². The molecule has 2 aromatic heterocycles. The summed E-state index contributed by atoms with van der Waals surface area (Å²) in [6.07, 6.45) is 7.41. The second-order valence-electron chi connectivity index (χ2n) is 7.61. The van der Waals surface area contributed by atoms with Crippen LogP contribution < -0.4 is 10.2 Å². The van der Waals surface area contributed by atoms with Crippen molar-refractivity contribution in [2.75, 3.05) is 18.0 Å². The van der Waals surface area contributed by atoms with Gasteiger partial charge in [0.1, 0.15) is 0 Å². The number of aromatic nitrogens is 5. The number of anilines is 1. The summed E-state index contributed by atoms with van der Waals surface area (Å²) in [4.78, 5) is 19.1. The molecule has 1 amide bonds. The highest BCUT2D eigenvalue weighted by Crippen LogP contribution is 2.31. The zero-order chi connectivity index (χ0) is 18.6. The van der Waals surface area contributed by atoms with E-state index in [0.717, 1.165) is 44.0 Å². The zero-order valence-electron chi connectivity index (χ0n) is 15.8. The van der Waals surface area contributed by atoms with Gasteiger partial charge in [-0.1, -0.05) is 24.4 Å². The number of tetrazole rings is 1. The minimum Gasteiger partial charge on any atom is -0.353 e. The van der Waals surface area contributed by atoms with Crippen LogP contribution >= 0.6 is 11.3 Å². The van der Waals surface area contributed by atoms with Crippen LogP contribution in [0.3, 0.4) is 0 Å². The summed E-state index contributed by atoms with van der Waals surface area (Å²) in [5.41, 5.74) is 1.09. The Morgan fingerprint density at radius 2 is 2.15 bits per heavy atom. The van der Waals surface area contributed by atoms with Crippen molar-refractivity contribution in [1.29, 1.82) is 0 Å². The third-order valence-corrected chi connectivity index (χ3v) is 6.62. The molecule has 2 aromatic rings. The summed E-state index contributed by atoms with van der Waals surface area (Å²) in [5, 5.41) is 18.6. The number of nitrogens with one attached hydrogen (secondary N) is 1. The molecule has 1 saturated heterocycles. The molecule has 0 aromatic carbocycles. The fraction of sp³-hybridized carbons (Fsp3) is 0.722. The minimum absolute atomic E-state index is 0.0981. The molecule has 0 bridgehead atoms. The van der Waals surface area contributed by atoms with Crippen molar-refractivity contribution in [3.63, 3.8) is 0 Å². The number of aryl methyl sites for hydroxylation is 2. The average Bonchev–Trinajstić information content (AvgIpc) is 3.40. The van der Waals surface area contributed by atoms with Gasteiger partial charge in [0.2, 0.25) is 11.9 Å². The molecule has 3 heterocycles. The molecule has 1 atom stereocenters. The lowest BCUT2D eigenvalue weighted by atomic mass is 9.95. The number of carbonyl (C=O) groups excluding carboxylic acids is 1. The molecule has 0 spiro atoms. The Morgan fingerprint density at radius 1 is 1.30 bits per heavy atom. The lowest BCUT2D eigenvalue weighted by Gasteiger charge is -2.22. The van der Waals surface area contributed by atoms with Crippen molar-refractivity contribution in [2.45, 2.75) is 70.4 Å². The number of amides is 1. The Morgan fingerprint density at radius 3 is 2.93 bits per heavy atom. The van der Waals surface area contributed by atoms with Gasteiger partial charge in [-0.05, 0) is 36.6 Å². The quantitative estimate of drug-likeness (QED) is 0.815. The molecule has 1 saturated carbocycles. The third kappa shape index (κ3) is 4.45. The van der Waals surface area contributed by atoms with E-state index in [-0.39, 0.29) is 5.91 Å². The Kier molecular flexibility index (Phi) is 5.66. The normalized spacial score (nSPS) is 20.9. The van der Waals surface area contributed by atoms with Crippen LogP contribution in [0.4, 0.5) is 5.95 Å². The molecule has 1 aliphatic heterocycles. The first kappa shape index (κ1) is 18.3. The smallest absolute Gasteiger partial charge is 0.245 e. The predicted molar refractivity (Wildman–Crippen MR) is 104 cm³/mol. The van der Waals surface area contributed by atoms with Crippen LogP contribution in [-0.2, 0) is 11.3 Å². The summed E-state index contributed by atoms with van der Waals surface area (Å²) in [6.45, 7) is 4.34. The van der Waals surface area contributed by atoms with E-state index in [4.69, 9.17) is 0 Å². The lowest BCUT2D eigenvalue weighted by molar-refractivity contribution is -0.122. The average molecular weight is 390 g/mol. The van der Waals surface area contributed by atoms with Gasteiger partial charge in [-0.2, -0.15) is 0 Å². The summed E-state index contributed by atoms with van der Waals surface area (Å²) in [7, 11) is 0. The Labute approximate surface area is 163 Å². The summed E-state index contributed by atoms with van der Waals surface area (Å²) in [6, 6.07) is 0.348. The number of nitrogens with zero attached hydrogens (tertiary/aromatic N) is 6. The molecular formula is C18H27N7OS. The van der Waals surface area contributed by atoms with E-state index < -0.39 is 0 Å². The van der Waals surface area contributed by atoms with E-state index in [1.807, 2.05) is 6.92 Å². The van der Waals surface area contributed by atoms with Gasteiger partial charge in [-0.3, -0.25) is 4.79 Å². The fourth-order valence-corrected chi connectivity index (χ4v) is 4.95. The van der Waals surface area contributed by atoms with Crippen LogP contribution in [0.25, 0.3) is 0 Å². The van der Waals surface area contributed by atoms with Gasteiger partial charge < -0.3 is 10.2 Å². The maximum Gasteiger partial charge on any atom is 0.245 e. The Bertz CT molecular complexity index is 767. The summed E-state index contributed by atoms with van der Waals surface area (Å²) >= 11 is 1.73. The highest BCUT2D eigenvalue weighted by atomic mass is 32.1. The van der Waals surface area contributed by atoms with E-state index in [0.29, 0.717) is 24.9 Å². The van der Waals surface area contributed by atoms with Gasteiger partial charge in [-0.15, -0.1) is 11.3 Å². The molecular weight excluding hydrogens is 362 g/mol. The predicted octanol–water partition coefficient (Wildman–Crippen LogP) is 2.27. The largest absolute Gasteiger partial charge is 0.353 e. The molecule has 4 rings (SSSR count). The van der Waals surface area contributed by atoms with Crippen LogP contribution in [0.1, 0.15) is 61.6 Å². The van der Waals surface area contributed by atoms with Crippen molar-refractivity contribution in [3.8, 4) is 0 Å². The van der Waals surface area contributed by atoms with Crippen molar-refractivity contribution in [3.05, 3.63) is 16.1 Å². The maximum atomic E-state index is 12.3. The van der Waals surface area contributed by atoms with E-state index in [9.17, 15) is 4.79 Å². The van der Waals surface area contributed by atoms with Gasteiger partial charge in [0.15, 0.2) is 0 Å². The monoisotopic (exact) mass is 389 g/mol. The highest BCUT2D eigenvalue weighted by molar-refractivity contribution is 7.09. The van der Waals surface area contributed by atoms with Crippen LogP contribution in [0.5, 0.6) is 0 Å². The van der Waals surface area contributed by atoms with E-state index in [1.54, 1.807) is 16.0 Å². The fourth-order valence-electron chi connectivity index (χ4n) is 4.03. The maximum absolute atomic E-state index is 12.3. The molecule has 1 unspecified atom stereocenters. The van der Waals surface area contributed by atoms with Gasteiger partial charge in [0.05, 0.1) is 11.6 Å². The zero-order valence-corrected chi connectivity index (χ0v) is 16.6. The molecule has 2 aliphatic rings. The Hall–Kier alpha value is -2.03. The van der Waals surface area contributed by atoms with E-state index in [2.05, 4.69) is 36.1 Å². The first-order valence-corrected chi connectivity index (χ1v) is 10.8. The molecule has 2 fully saturated rings. The van der Waals surface area contributed by atoms with Gasteiger partial charge in [-0.25, -0.2) is 9.67 Å². The number of hydrogen-bond donors (Lipinski definition) is 1. The van der Waals surface area contributed by atoms with E-state index >= 15 is 0 Å². The van der Waals surface area contributed by atoms with Crippen LogP contribution in [0.2, 0.25) is 0 Å². The van der Waals surface area contributed by atoms with Crippen LogP contribution in [-0.4, -0.2) is 50.2 Å². The molecule has 146 valence electrons. The topological polar surface area (TPSA) is 88.8 Å². The van der Waals surface area contributed by atoms with Crippen molar-refractivity contribution >= 4 is 23.2 Å². The van der Waals surface area contributed by atoms with Gasteiger partial charge in [0, 0.05) is 42.5 Å². The second kappa shape index (κ2) is 8.33. The van der Waals surface area contributed by atoms with Gasteiger partial charge in [0.25, 0.3) is 0 Å². The standard InChI is InChI=1S/C18H27N7OS/c1-13-12-27-17(19-13)14-7-9-24(11-14)18-21-22-23-25(18)10-8-16(26)20-15-5-3-2-4-6-15/h12,14-15H,2-11H2,1H3,(H,20,26). The highest BCUT2D eigenvalue weighted by Gasteiger charge is 2.29. The summed E-state index contributed by atoms with van der Waals surface area (Å²) in [5.74, 6) is 1.29. The molecule has 9 heteroatoms. The van der Waals surface area contributed by atoms with E-state index in [1.165, 1.54) is 24.3 Å². The molecule has 0 radical (unpaired) electrons. The van der Waals surface area contributed by atoms with Crippen molar-refractivity contribution in [1.82, 2.24) is 30.5 Å². The Balaban J connectivity index is 1.31. The molecule has 27 heavy (non-hydrogen) atoms. The van der Waals surface area contributed by atoms with Crippen molar-refractivity contribution < 1.29 is 4.79 Å². The number of carbonyl (C=O) groups is 1. The molecule has 1 N–H and O–H groups in total. The molecule has 1 aliphatic carbocycles. The SMILES string of the molecule is Cc1csc(C2CCN(c3nnnn3CCC(=O)NC3CCCCC3)C2)n1. The lowest BCUT2D eigenvalue weighted by Crippen LogP contribution is -2.36.